The molecule has 122 valence electrons. The average molecular weight is 337 g/mol. The lowest BCUT2D eigenvalue weighted by Gasteiger charge is -2.27. The number of benzene rings is 1. The van der Waals surface area contributed by atoms with Crippen LogP contribution in [0.3, 0.4) is 0 Å². The molecular formula is C13H15N5O4S. The molecule has 0 saturated carbocycles. The molecule has 1 aromatic carbocycles. The molecule has 1 aromatic heterocycles. The third kappa shape index (κ3) is 2.44. The molecule has 23 heavy (non-hydrogen) atoms. The van der Waals surface area contributed by atoms with Crippen molar-refractivity contribution in [1.82, 2.24) is 14.8 Å². The molecule has 0 fully saturated rings. The monoisotopic (exact) mass is 337 g/mol. The molecule has 10 heteroatoms. The van der Waals surface area contributed by atoms with Crippen LogP contribution < -0.4 is 4.31 Å². The fourth-order valence-corrected chi connectivity index (χ4v) is 4.23. The van der Waals surface area contributed by atoms with Gasteiger partial charge in [0.05, 0.1) is 4.92 Å². The lowest BCUT2D eigenvalue weighted by Crippen LogP contribution is -2.38. The summed E-state index contributed by atoms with van der Waals surface area (Å²) in [5, 5.41) is 15.3. The Hall–Kier alpha value is -2.49. The highest BCUT2D eigenvalue weighted by Crippen LogP contribution is 2.32. The van der Waals surface area contributed by atoms with Crippen molar-refractivity contribution in [2.45, 2.75) is 31.7 Å². The van der Waals surface area contributed by atoms with E-state index in [0.29, 0.717) is 24.1 Å². The van der Waals surface area contributed by atoms with Crippen molar-refractivity contribution in [1.29, 1.82) is 0 Å². The maximum atomic E-state index is 13.0. The van der Waals surface area contributed by atoms with Crippen molar-refractivity contribution in [3.8, 4) is 0 Å². The smallest absolute Gasteiger partial charge is 0.258 e. The minimum atomic E-state index is -4.09. The number of nitrogens with zero attached hydrogens (tertiary/aromatic N) is 5. The molecular weight excluding hydrogens is 322 g/mol. The lowest BCUT2D eigenvalue weighted by molar-refractivity contribution is -0.387. The SMILES string of the molecule is Cc1cc([N+](=O)[O-])c(S(=O)(=O)N2CCCn3ncnc32)cc1C. The van der Waals surface area contributed by atoms with Gasteiger partial charge in [0.25, 0.3) is 15.7 Å². The molecule has 1 aliphatic heterocycles. The van der Waals surface area contributed by atoms with E-state index in [-0.39, 0.29) is 17.4 Å². The standard InChI is InChI=1S/C13H15N5O4S/c1-9-6-11(18(19)20)12(7-10(9)2)23(21,22)17-5-3-4-16-13(17)14-8-15-16/h6-8H,3-5H2,1-2H3. The van der Waals surface area contributed by atoms with Gasteiger partial charge in [-0.1, -0.05) is 0 Å². The Morgan fingerprint density at radius 1 is 1.22 bits per heavy atom. The van der Waals surface area contributed by atoms with Gasteiger partial charge < -0.3 is 0 Å². The zero-order valence-electron chi connectivity index (χ0n) is 12.6. The Morgan fingerprint density at radius 2 is 1.91 bits per heavy atom. The van der Waals surface area contributed by atoms with E-state index in [1.165, 1.54) is 23.1 Å². The topological polar surface area (TPSA) is 111 Å². The maximum Gasteiger partial charge on any atom is 0.290 e. The first-order valence-electron chi connectivity index (χ1n) is 6.98. The molecule has 0 aliphatic carbocycles. The first-order valence-corrected chi connectivity index (χ1v) is 8.42. The van der Waals surface area contributed by atoms with E-state index in [9.17, 15) is 18.5 Å². The molecule has 0 unspecified atom stereocenters. The number of nitro groups is 1. The summed E-state index contributed by atoms with van der Waals surface area (Å²) in [5.41, 5.74) is 0.912. The van der Waals surface area contributed by atoms with Gasteiger partial charge in [-0.2, -0.15) is 10.1 Å². The number of fused-ring (bicyclic) bond motifs is 1. The summed E-state index contributed by atoms with van der Waals surface area (Å²) in [4.78, 5) is 14.3. The number of sulfonamides is 1. The van der Waals surface area contributed by atoms with E-state index in [2.05, 4.69) is 10.1 Å². The number of rotatable bonds is 3. The Bertz CT molecular complexity index is 890. The molecule has 2 aromatic rings. The van der Waals surface area contributed by atoms with E-state index in [0.717, 1.165) is 4.31 Å². The van der Waals surface area contributed by atoms with Crippen molar-refractivity contribution in [2.24, 2.45) is 0 Å². The predicted octanol–water partition coefficient (Wildman–Crippen LogP) is 1.40. The summed E-state index contributed by atoms with van der Waals surface area (Å²) in [6.45, 7) is 4.20. The van der Waals surface area contributed by atoms with Crippen LogP contribution in [-0.4, -0.2) is 34.7 Å². The molecule has 1 aliphatic rings. The molecule has 0 amide bonds. The van der Waals surface area contributed by atoms with Crippen LogP contribution in [0.1, 0.15) is 17.5 Å². The van der Waals surface area contributed by atoms with Gasteiger partial charge in [0, 0.05) is 19.2 Å². The molecule has 0 atom stereocenters. The zero-order chi connectivity index (χ0) is 16.8. The Morgan fingerprint density at radius 3 is 2.61 bits per heavy atom. The van der Waals surface area contributed by atoms with E-state index < -0.39 is 20.6 Å². The van der Waals surface area contributed by atoms with Gasteiger partial charge in [-0.15, -0.1) is 0 Å². The Kier molecular flexibility index (Phi) is 3.55. The van der Waals surface area contributed by atoms with Crippen LogP contribution in [-0.2, 0) is 16.6 Å². The number of anilines is 1. The summed E-state index contributed by atoms with van der Waals surface area (Å²) in [6.07, 6.45) is 1.84. The Labute approximate surface area is 132 Å². The zero-order valence-corrected chi connectivity index (χ0v) is 13.4. The van der Waals surface area contributed by atoms with Crippen molar-refractivity contribution >= 4 is 21.7 Å². The highest BCUT2D eigenvalue weighted by molar-refractivity contribution is 7.93. The van der Waals surface area contributed by atoms with Crippen LogP contribution in [0.2, 0.25) is 0 Å². The highest BCUT2D eigenvalue weighted by atomic mass is 32.2. The number of aromatic nitrogens is 3. The summed E-state index contributed by atoms with van der Waals surface area (Å²) < 4.78 is 28.5. The summed E-state index contributed by atoms with van der Waals surface area (Å²) >= 11 is 0. The van der Waals surface area contributed by atoms with Crippen LogP contribution in [0.25, 0.3) is 0 Å². The molecule has 2 heterocycles. The van der Waals surface area contributed by atoms with Crippen molar-refractivity contribution in [3.63, 3.8) is 0 Å². The molecule has 0 N–H and O–H groups in total. The number of aryl methyl sites for hydroxylation is 3. The van der Waals surface area contributed by atoms with Crippen molar-refractivity contribution in [3.05, 3.63) is 39.7 Å². The van der Waals surface area contributed by atoms with E-state index in [1.807, 2.05) is 0 Å². The quantitative estimate of drug-likeness (QED) is 0.618. The second kappa shape index (κ2) is 5.30. The molecule has 0 spiro atoms. The van der Waals surface area contributed by atoms with Crippen LogP contribution in [0.4, 0.5) is 11.6 Å². The number of nitro benzene ring substituents is 1. The minimum absolute atomic E-state index is 0.184. The van der Waals surface area contributed by atoms with Gasteiger partial charge in [0.1, 0.15) is 6.33 Å². The van der Waals surface area contributed by atoms with Gasteiger partial charge in [-0.3, -0.25) is 10.1 Å². The van der Waals surface area contributed by atoms with Crippen LogP contribution in [0.5, 0.6) is 0 Å². The maximum absolute atomic E-state index is 13.0. The fourth-order valence-electron chi connectivity index (χ4n) is 2.54. The summed E-state index contributed by atoms with van der Waals surface area (Å²) in [7, 11) is -4.09. The first kappa shape index (κ1) is 15.4. The third-order valence-corrected chi connectivity index (χ3v) is 5.70. The van der Waals surface area contributed by atoms with E-state index in [1.54, 1.807) is 13.8 Å². The summed E-state index contributed by atoms with van der Waals surface area (Å²) in [5.74, 6) is 0.184. The molecule has 0 radical (unpaired) electrons. The van der Waals surface area contributed by atoms with Crippen LogP contribution in [0, 0.1) is 24.0 Å². The predicted molar refractivity (Wildman–Crippen MR) is 81.7 cm³/mol. The highest BCUT2D eigenvalue weighted by Gasteiger charge is 2.36. The second-order valence-corrected chi connectivity index (χ2v) is 7.21. The van der Waals surface area contributed by atoms with E-state index >= 15 is 0 Å². The molecule has 3 rings (SSSR count). The normalized spacial score (nSPS) is 14.6. The lowest BCUT2D eigenvalue weighted by atomic mass is 10.1. The summed E-state index contributed by atoms with van der Waals surface area (Å²) in [6, 6.07) is 2.63. The van der Waals surface area contributed by atoms with Gasteiger partial charge in [0.2, 0.25) is 5.95 Å². The minimum Gasteiger partial charge on any atom is -0.258 e. The Balaban J connectivity index is 2.19. The number of hydrogen-bond acceptors (Lipinski definition) is 6. The third-order valence-electron chi connectivity index (χ3n) is 3.89. The second-order valence-electron chi connectivity index (χ2n) is 5.38. The van der Waals surface area contributed by atoms with Crippen LogP contribution >= 0.6 is 0 Å². The fraction of sp³-hybridized carbons (Fsp3) is 0.385. The van der Waals surface area contributed by atoms with Crippen molar-refractivity contribution < 1.29 is 13.3 Å². The molecule has 0 bridgehead atoms. The van der Waals surface area contributed by atoms with Crippen molar-refractivity contribution in [2.75, 3.05) is 10.8 Å². The number of hydrogen-bond donors (Lipinski definition) is 0. The average Bonchev–Trinajstić information content (AvgIpc) is 2.97. The van der Waals surface area contributed by atoms with Crippen LogP contribution in [0.15, 0.2) is 23.4 Å². The molecule has 0 saturated heterocycles. The van der Waals surface area contributed by atoms with E-state index in [4.69, 9.17) is 0 Å². The van der Waals surface area contributed by atoms with Gasteiger partial charge in [0.15, 0.2) is 4.90 Å². The van der Waals surface area contributed by atoms with Gasteiger partial charge in [-0.25, -0.2) is 17.4 Å². The van der Waals surface area contributed by atoms with Gasteiger partial charge >= 0.3 is 0 Å². The first-order chi connectivity index (χ1) is 10.8. The van der Waals surface area contributed by atoms with Gasteiger partial charge in [-0.05, 0) is 37.5 Å². The largest absolute Gasteiger partial charge is 0.290 e. The molecule has 9 nitrogen and oxygen atoms in total.